The Balaban J connectivity index is 0.00000108. The SMILES string of the molecule is CN(C)c1ccc2c(c1)-c1ccccc1C2.Cl. The van der Waals surface area contributed by atoms with Gasteiger partial charge in [-0.05, 0) is 40.8 Å². The first-order chi connectivity index (χ1) is 7.75. The second-order valence-corrected chi connectivity index (χ2v) is 4.57. The van der Waals surface area contributed by atoms with Crippen LogP contribution >= 0.6 is 12.4 Å². The van der Waals surface area contributed by atoms with Crippen molar-refractivity contribution < 1.29 is 0 Å². The van der Waals surface area contributed by atoms with Gasteiger partial charge in [0.2, 0.25) is 0 Å². The largest absolute Gasteiger partial charge is 0.378 e. The van der Waals surface area contributed by atoms with Gasteiger partial charge in [-0.1, -0.05) is 30.3 Å². The number of anilines is 1. The summed E-state index contributed by atoms with van der Waals surface area (Å²) in [5, 5.41) is 0. The molecule has 0 unspecified atom stereocenters. The third kappa shape index (κ3) is 1.91. The zero-order valence-electron chi connectivity index (χ0n) is 10.1. The Hall–Kier alpha value is -1.47. The van der Waals surface area contributed by atoms with Crippen LogP contribution in [0.1, 0.15) is 11.1 Å². The van der Waals surface area contributed by atoms with Crippen molar-refractivity contribution in [3.8, 4) is 11.1 Å². The van der Waals surface area contributed by atoms with E-state index in [-0.39, 0.29) is 12.4 Å². The molecule has 0 heterocycles. The first kappa shape index (κ1) is 12.0. The van der Waals surface area contributed by atoms with Gasteiger partial charge in [-0.25, -0.2) is 0 Å². The van der Waals surface area contributed by atoms with E-state index in [0.29, 0.717) is 0 Å². The number of benzene rings is 2. The van der Waals surface area contributed by atoms with Crippen LogP contribution in [0.25, 0.3) is 11.1 Å². The molecule has 0 amide bonds. The van der Waals surface area contributed by atoms with Crippen LogP contribution in [0, 0.1) is 0 Å². The van der Waals surface area contributed by atoms with E-state index in [1.54, 1.807) is 0 Å². The number of rotatable bonds is 1. The number of halogens is 1. The summed E-state index contributed by atoms with van der Waals surface area (Å²) in [6.45, 7) is 0. The molecular weight excluding hydrogens is 230 g/mol. The van der Waals surface area contributed by atoms with Crippen LogP contribution < -0.4 is 4.90 Å². The van der Waals surface area contributed by atoms with E-state index < -0.39 is 0 Å². The van der Waals surface area contributed by atoms with Crippen LogP contribution in [-0.4, -0.2) is 14.1 Å². The lowest BCUT2D eigenvalue weighted by Gasteiger charge is -2.13. The Bertz CT molecular complexity index is 546. The first-order valence-corrected chi connectivity index (χ1v) is 5.64. The molecule has 1 aliphatic rings. The minimum Gasteiger partial charge on any atom is -0.378 e. The number of hydrogen-bond donors (Lipinski definition) is 0. The molecule has 1 nitrogen and oxygen atoms in total. The fourth-order valence-electron chi connectivity index (χ4n) is 2.39. The molecule has 0 fully saturated rings. The zero-order chi connectivity index (χ0) is 11.1. The monoisotopic (exact) mass is 245 g/mol. The van der Waals surface area contributed by atoms with E-state index in [0.717, 1.165) is 6.42 Å². The van der Waals surface area contributed by atoms with E-state index in [2.05, 4.69) is 61.5 Å². The summed E-state index contributed by atoms with van der Waals surface area (Å²) in [5.74, 6) is 0. The van der Waals surface area contributed by atoms with Crippen LogP contribution in [0.3, 0.4) is 0 Å². The summed E-state index contributed by atoms with van der Waals surface area (Å²) >= 11 is 0. The van der Waals surface area contributed by atoms with Crippen LogP contribution in [-0.2, 0) is 6.42 Å². The molecule has 0 bridgehead atoms. The second-order valence-electron chi connectivity index (χ2n) is 4.57. The van der Waals surface area contributed by atoms with Gasteiger partial charge >= 0.3 is 0 Å². The molecule has 0 aliphatic heterocycles. The Morgan fingerprint density at radius 3 is 2.35 bits per heavy atom. The Morgan fingerprint density at radius 2 is 1.59 bits per heavy atom. The molecule has 0 radical (unpaired) electrons. The summed E-state index contributed by atoms with van der Waals surface area (Å²) in [7, 11) is 4.17. The molecule has 17 heavy (non-hydrogen) atoms. The van der Waals surface area contributed by atoms with Gasteiger partial charge in [-0.3, -0.25) is 0 Å². The van der Waals surface area contributed by atoms with Crippen molar-refractivity contribution in [2.75, 3.05) is 19.0 Å². The van der Waals surface area contributed by atoms with Crippen LogP contribution in [0.2, 0.25) is 0 Å². The standard InChI is InChI=1S/C15H15N.ClH/c1-16(2)13-8-7-12-9-11-5-3-4-6-14(11)15(12)10-13;/h3-8,10H,9H2,1-2H3;1H. The van der Waals surface area contributed by atoms with Gasteiger partial charge in [-0.2, -0.15) is 0 Å². The molecule has 0 N–H and O–H groups in total. The zero-order valence-corrected chi connectivity index (χ0v) is 10.9. The summed E-state index contributed by atoms with van der Waals surface area (Å²) in [6, 6.07) is 15.4. The van der Waals surface area contributed by atoms with E-state index in [1.165, 1.54) is 27.9 Å². The van der Waals surface area contributed by atoms with Crippen molar-refractivity contribution in [1.82, 2.24) is 0 Å². The average molecular weight is 246 g/mol. The summed E-state index contributed by atoms with van der Waals surface area (Å²) in [5.41, 5.74) is 6.98. The first-order valence-electron chi connectivity index (χ1n) is 5.64. The lowest BCUT2D eigenvalue weighted by atomic mass is 10.1. The number of hydrogen-bond acceptors (Lipinski definition) is 1. The van der Waals surface area contributed by atoms with Crippen molar-refractivity contribution in [1.29, 1.82) is 0 Å². The Labute approximate surface area is 108 Å². The van der Waals surface area contributed by atoms with Crippen LogP contribution in [0.4, 0.5) is 5.69 Å². The number of fused-ring (bicyclic) bond motifs is 3. The van der Waals surface area contributed by atoms with E-state index in [4.69, 9.17) is 0 Å². The molecule has 0 atom stereocenters. The van der Waals surface area contributed by atoms with E-state index in [9.17, 15) is 0 Å². The van der Waals surface area contributed by atoms with Gasteiger partial charge in [0.05, 0.1) is 0 Å². The molecular formula is C15H16ClN. The maximum atomic E-state index is 2.29. The molecule has 0 saturated carbocycles. The highest BCUT2D eigenvalue weighted by atomic mass is 35.5. The normalized spacial score (nSPS) is 11.4. The molecule has 2 heteroatoms. The van der Waals surface area contributed by atoms with Gasteiger partial charge in [-0.15, -0.1) is 12.4 Å². The lowest BCUT2D eigenvalue weighted by molar-refractivity contribution is 1.13. The minimum atomic E-state index is 0. The third-order valence-electron chi connectivity index (χ3n) is 3.30. The molecule has 88 valence electrons. The number of nitrogens with zero attached hydrogens (tertiary/aromatic N) is 1. The van der Waals surface area contributed by atoms with E-state index in [1.807, 2.05) is 0 Å². The maximum Gasteiger partial charge on any atom is 0.0367 e. The minimum absolute atomic E-state index is 0. The topological polar surface area (TPSA) is 3.24 Å². The fraction of sp³-hybridized carbons (Fsp3) is 0.200. The van der Waals surface area contributed by atoms with Crippen molar-refractivity contribution in [2.45, 2.75) is 6.42 Å². The van der Waals surface area contributed by atoms with Crippen LogP contribution in [0.5, 0.6) is 0 Å². The molecule has 1 aliphatic carbocycles. The van der Waals surface area contributed by atoms with Gasteiger partial charge in [0.15, 0.2) is 0 Å². The van der Waals surface area contributed by atoms with Gasteiger partial charge < -0.3 is 4.90 Å². The van der Waals surface area contributed by atoms with Gasteiger partial charge in [0.1, 0.15) is 0 Å². The predicted molar refractivity (Wildman–Crippen MR) is 76.3 cm³/mol. The molecule has 2 aromatic rings. The highest BCUT2D eigenvalue weighted by molar-refractivity contribution is 5.85. The van der Waals surface area contributed by atoms with Gasteiger partial charge in [0.25, 0.3) is 0 Å². The highest BCUT2D eigenvalue weighted by Gasteiger charge is 2.17. The summed E-state index contributed by atoms with van der Waals surface area (Å²) < 4.78 is 0. The smallest absolute Gasteiger partial charge is 0.0367 e. The fourth-order valence-corrected chi connectivity index (χ4v) is 2.39. The Morgan fingerprint density at radius 1 is 0.882 bits per heavy atom. The van der Waals surface area contributed by atoms with Crippen molar-refractivity contribution >= 4 is 18.1 Å². The quantitative estimate of drug-likeness (QED) is 0.631. The van der Waals surface area contributed by atoms with Crippen molar-refractivity contribution in [3.63, 3.8) is 0 Å². The third-order valence-corrected chi connectivity index (χ3v) is 3.30. The molecule has 2 aromatic carbocycles. The van der Waals surface area contributed by atoms with Crippen molar-refractivity contribution in [2.24, 2.45) is 0 Å². The lowest BCUT2D eigenvalue weighted by Crippen LogP contribution is -2.08. The van der Waals surface area contributed by atoms with Gasteiger partial charge in [0, 0.05) is 19.8 Å². The molecule has 0 aromatic heterocycles. The van der Waals surface area contributed by atoms with Crippen LogP contribution in [0.15, 0.2) is 42.5 Å². The molecule has 0 spiro atoms. The Kier molecular flexibility index (Phi) is 3.12. The summed E-state index contributed by atoms with van der Waals surface area (Å²) in [6.07, 6.45) is 1.08. The summed E-state index contributed by atoms with van der Waals surface area (Å²) in [4.78, 5) is 2.15. The van der Waals surface area contributed by atoms with Crippen molar-refractivity contribution in [3.05, 3.63) is 53.6 Å². The molecule has 3 rings (SSSR count). The highest BCUT2D eigenvalue weighted by Crippen LogP contribution is 2.38. The van der Waals surface area contributed by atoms with E-state index >= 15 is 0 Å². The predicted octanol–water partition coefficient (Wildman–Crippen LogP) is 3.75. The average Bonchev–Trinajstić information content (AvgIpc) is 2.66. The second kappa shape index (κ2) is 4.42. The maximum absolute atomic E-state index is 2.29. The molecule has 0 saturated heterocycles.